The molecule has 16 heavy (non-hydrogen) atoms. The first-order valence-corrected chi connectivity index (χ1v) is 4.65. The van der Waals surface area contributed by atoms with E-state index in [-0.39, 0.29) is 6.42 Å². The first-order valence-electron chi connectivity index (χ1n) is 4.65. The Balaban J connectivity index is 2.16. The number of nitrogens with zero attached hydrogens (tertiary/aromatic N) is 3. The summed E-state index contributed by atoms with van der Waals surface area (Å²) in [5, 5.41) is 14.7. The van der Waals surface area contributed by atoms with Crippen LogP contribution in [0.2, 0.25) is 0 Å². The van der Waals surface area contributed by atoms with Crippen LogP contribution in [-0.2, 0) is 11.3 Å². The molecule has 1 unspecified atom stereocenters. The van der Waals surface area contributed by atoms with Crippen LogP contribution >= 0.6 is 0 Å². The van der Waals surface area contributed by atoms with E-state index in [1.165, 1.54) is 17.3 Å². The van der Waals surface area contributed by atoms with Gasteiger partial charge in [-0.05, 0) is 0 Å². The molecule has 1 atom stereocenters. The summed E-state index contributed by atoms with van der Waals surface area (Å²) in [6.07, 6.45) is -1.80. The molecule has 0 aliphatic heterocycles. The number of halogens is 2. The van der Waals surface area contributed by atoms with Gasteiger partial charge in [-0.15, -0.1) is 0 Å². The number of aryl methyl sites for hydroxylation is 1. The molecule has 6 nitrogen and oxygen atoms in total. The second kappa shape index (κ2) is 6.11. The number of hydrogen-bond acceptors (Lipinski definition) is 4. The zero-order valence-electron chi connectivity index (χ0n) is 8.38. The van der Waals surface area contributed by atoms with E-state index in [1.54, 1.807) is 0 Å². The Morgan fingerprint density at radius 3 is 2.88 bits per heavy atom. The van der Waals surface area contributed by atoms with Crippen molar-refractivity contribution in [1.82, 2.24) is 20.1 Å². The molecule has 0 radical (unpaired) electrons. The van der Waals surface area contributed by atoms with Crippen LogP contribution in [0.1, 0.15) is 6.42 Å². The van der Waals surface area contributed by atoms with Gasteiger partial charge in [-0.3, -0.25) is 9.48 Å². The largest absolute Gasteiger partial charge is 0.385 e. The molecule has 90 valence electrons. The molecule has 0 bridgehead atoms. The molecule has 2 N–H and O–H groups in total. The number of aliphatic hydroxyl groups is 1. The minimum Gasteiger partial charge on any atom is -0.385 e. The lowest BCUT2D eigenvalue weighted by atomic mass is 10.3. The molecule has 0 saturated heterocycles. The van der Waals surface area contributed by atoms with Crippen molar-refractivity contribution in [3.63, 3.8) is 0 Å². The van der Waals surface area contributed by atoms with Crippen LogP contribution in [0.25, 0.3) is 0 Å². The maximum atomic E-state index is 11.9. The second-order valence-electron chi connectivity index (χ2n) is 3.11. The number of amides is 1. The highest BCUT2D eigenvalue weighted by molar-refractivity contribution is 5.75. The van der Waals surface area contributed by atoms with Gasteiger partial charge in [-0.2, -0.15) is 5.10 Å². The number of aromatic nitrogens is 3. The number of hydrogen-bond donors (Lipinski definition) is 2. The van der Waals surface area contributed by atoms with Crippen LogP contribution < -0.4 is 5.32 Å². The van der Waals surface area contributed by atoms with E-state index >= 15 is 0 Å². The van der Waals surface area contributed by atoms with Crippen molar-refractivity contribution in [1.29, 1.82) is 0 Å². The van der Waals surface area contributed by atoms with Crippen molar-refractivity contribution < 1.29 is 18.7 Å². The molecule has 1 aromatic heterocycles. The number of carbonyl (C=O) groups is 1. The summed E-state index contributed by atoms with van der Waals surface area (Å²) in [6, 6.07) is 0. The minimum atomic E-state index is -2.85. The van der Waals surface area contributed by atoms with Crippen LogP contribution in [-0.4, -0.2) is 44.9 Å². The van der Waals surface area contributed by atoms with Gasteiger partial charge in [0.2, 0.25) is 5.91 Å². The summed E-state index contributed by atoms with van der Waals surface area (Å²) in [5.74, 6) is -0.421. The van der Waals surface area contributed by atoms with Crippen LogP contribution in [0.5, 0.6) is 0 Å². The normalized spacial score (nSPS) is 12.8. The molecular formula is C8H12F2N4O2. The zero-order chi connectivity index (χ0) is 12.0. The van der Waals surface area contributed by atoms with E-state index in [1.807, 2.05) is 0 Å². The number of aliphatic hydroxyl groups excluding tert-OH is 1. The Bertz CT molecular complexity index is 318. The van der Waals surface area contributed by atoms with Crippen LogP contribution in [0.4, 0.5) is 8.78 Å². The van der Waals surface area contributed by atoms with Crippen LogP contribution in [0, 0.1) is 0 Å². The first kappa shape index (κ1) is 12.5. The van der Waals surface area contributed by atoms with Crippen molar-refractivity contribution in [3.8, 4) is 0 Å². The standard InChI is InChI=1S/C8H12F2N4O2/c9-8(10)6(15)3-12-7(16)1-2-14-5-11-4-13-14/h4-6,8,15H,1-3H2,(H,12,16). The second-order valence-corrected chi connectivity index (χ2v) is 3.11. The lowest BCUT2D eigenvalue weighted by Gasteiger charge is -2.10. The van der Waals surface area contributed by atoms with Crippen LogP contribution in [0.15, 0.2) is 12.7 Å². The Labute approximate surface area is 90.3 Å². The van der Waals surface area contributed by atoms with Gasteiger partial charge in [0, 0.05) is 13.0 Å². The first-order chi connectivity index (χ1) is 7.59. The highest BCUT2D eigenvalue weighted by Crippen LogP contribution is 1.98. The molecule has 1 amide bonds. The Morgan fingerprint density at radius 1 is 1.56 bits per heavy atom. The van der Waals surface area contributed by atoms with Crippen molar-refractivity contribution >= 4 is 5.91 Å². The molecule has 0 saturated carbocycles. The summed E-state index contributed by atoms with van der Waals surface area (Å²) in [6.45, 7) is -0.134. The van der Waals surface area contributed by atoms with Gasteiger partial charge in [-0.1, -0.05) is 0 Å². The Morgan fingerprint density at radius 2 is 2.31 bits per heavy atom. The third-order valence-corrected chi connectivity index (χ3v) is 1.83. The quantitative estimate of drug-likeness (QED) is 0.689. The van der Waals surface area contributed by atoms with Gasteiger partial charge in [0.25, 0.3) is 6.43 Å². The van der Waals surface area contributed by atoms with Gasteiger partial charge < -0.3 is 10.4 Å². The summed E-state index contributed by atoms with van der Waals surface area (Å²) < 4.78 is 25.2. The average Bonchev–Trinajstić information content (AvgIpc) is 2.75. The van der Waals surface area contributed by atoms with Gasteiger partial charge in [0.05, 0.1) is 6.54 Å². The molecule has 1 heterocycles. The van der Waals surface area contributed by atoms with Gasteiger partial charge >= 0.3 is 0 Å². The minimum absolute atomic E-state index is 0.0965. The molecule has 0 fully saturated rings. The van der Waals surface area contributed by atoms with E-state index < -0.39 is 25.0 Å². The molecular weight excluding hydrogens is 222 g/mol. The van der Waals surface area contributed by atoms with E-state index in [9.17, 15) is 13.6 Å². The van der Waals surface area contributed by atoms with E-state index in [4.69, 9.17) is 5.11 Å². The van der Waals surface area contributed by atoms with E-state index in [0.29, 0.717) is 6.54 Å². The SMILES string of the molecule is O=C(CCn1cncn1)NCC(O)C(F)F. The smallest absolute Gasteiger partial charge is 0.265 e. The highest BCUT2D eigenvalue weighted by atomic mass is 19.3. The molecule has 0 spiro atoms. The molecule has 8 heteroatoms. The monoisotopic (exact) mass is 234 g/mol. The third-order valence-electron chi connectivity index (χ3n) is 1.83. The number of alkyl halides is 2. The predicted octanol–water partition coefficient (Wildman–Crippen LogP) is -0.590. The fourth-order valence-electron chi connectivity index (χ4n) is 0.960. The van der Waals surface area contributed by atoms with Crippen molar-refractivity contribution in [2.24, 2.45) is 0 Å². The van der Waals surface area contributed by atoms with Crippen molar-refractivity contribution in [3.05, 3.63) is 12.7 Å². The van der Waals surface area contributed by atoms with E-state index in [0.717, 1.165) is 0 Å². The van der Waals surface area contributed by atoms with Gasteiger partial charge in [0.15, 0.2) is 0 Å². The summed E-state index contributed by atoms with van der Waals surface area (Å²) in [7, 11) is 0. The summed E-state index contributed by atoms with van der Waals surface area (Å²) in [5.41, 5.74) is 0. The summed E-state index contributed by atoms with van der Waals surface area (Å²) >= 11 is 0. The summed E-state index contributed by atoms with van der Waals surface area (Å²) in [4.78, 5) is 14.8. The maximum absolute atomic E-state index is 11.9. The molecule has 0 aliphatic rings. The number of carbonyl (C=O) groups excluding carboxylic acids is 1. The third kappa shape index (κ3) is 4.30. The lowest BCUT2D eigenvalue weighted by Crippen LogP contribution is -2.36. The van der Waals surface area contributed by atoms with E-state index in [2.05, 4.69) is 15.4 Å². The molecule has 1 aromatic rings. The predicted molar refractivity (Wildman–Crippen MR) is 49.7 cm³/mol. The van der Waals surface area contributed by atoms with Gasteiger partial charge in [0.1, 0.15) is 18.8 Å². The van der Waals surface area contributed by atoms with Crippen molar-refractivity contribution in [2.45, 2.75) is 25.5 Å². The molecule has 1 rings (SSSR count). The number of nitrogens with one attached hydrogen (secondary N) is 1. The fourth-order valence-corrected chi connectivity index (χ4v) is 0.960. The van der Waals surface area contributed by atoms with Crippen LogP contribution in [0.3, 0.4) is 0 Å². The number of rotatable bonds is 6. The highest BCUT2D eigenvalue weighted by Gasteiger charge is 2.17. The Hall–Kier alpha value is -1.57. The Kier molecular flexibility index (Phi) is 4.77. The van der Waals surface area contributed by atoms with Gasteiger partial charge in [-0.25, -0.2) is 13.8 Å². The molecule has 0 aromatic carbocycles. The van der Waals surface area contributed by atoms with Crippen molar-refractivity contribution in [2.75, 3.05) is 6.54 Å². The zero-order valence-corrected chi connectivity index (χ0v) is 8.38. The average molecular weight is 234 g/mol. The maximum Gasteiger partial charge on any atom is 0.265 e. The lowest BCUT2D eigenvalue weighted by molar-refractivity contribution is -0.122. The topological polar surface area (TPSA) is 80.0 Å². The fraction of sp³-hybridized carbons (Fsp3) is 0.625. The molecule has 0 aliphatic carbocycles.